The third-order valence-corrected chi connectivity index (χ3v) is 1.64. The van der Waals surface area contributed by atoms with Crippen molar-refractivity contribution in [2.24, 2.45) is 0 Å². The van der Waals surface area contributed by atoms with E-state index in [0.717, 1.165) is 0 Å². The Labute approximate surface area is 177 Å². The first-order chi connectivity index (χ1) is 11.1. The van der Waals surface area contributed by atoms with Crippen molar-refractivity contribution >= 4 is 57.0 Å². The number of allylic oxidation sites excluding steroid dienone is 4. The summed E-state index contributed by atoms with van der Waals surface area (Å²) in [6, 6.07) is 0. The minimum atomic E-state index is -5.46. The van der Waals surface area contributed by atoms with Crippen molar-refractivity contribution in [2.45, 2.75) is 24.7 Å². The first-order valence-corrected chi connectivity index (χ1v) is 5.24. The van der Waals surface area contributed by atoms with Gasteiger partial charge in [0.05, 0.1) is 0 Å². The largest absolute Gasteiger partial charge is 2.00 e. The van der Waals surface area contributed by atoms with E-state index < -0.39 is 59.9 Å². The van der Waals surface area contributed by atoms with Crippen molar-refractivity contribution in [1.29, 1.82) is 0 Å². The maximum absolute atomic E-state index is 11.3. The van der Waals surface area contributed by atoms with Gasteiger partial charge in [0, 0.05) is 0 Å². The van der Waals surface area contributed by atoms with E-state index in [-0.39, 0.29) is 45.5 Å². The molecule has 0 aromatic carbocycles. The second-order valence-corrected chi connectivity index (χ2v) is 3.74. The fourth-order valence-electron chi connectivity index (χ4n) is 0.565. The van der Waals surface area contributed by atoms with Gasteiger partial charge in [-0.25, -0.2) is 0 Å². The number of hydrogen-bond acceptors (Lipinski definition) is 4. The first-order valence-electron chi connectivity index (χ1n) is 5.24. The van der Waals surface area contributed by atoms with Crippen molar-refractivity contribution in [3.05, 3.63) is 23.7 Å². The standard InChI is InChI=1S/2C5H2F6O2.Sr/c2*6-4(7,8)2(12)1-3(13)5(9,10)11;/h2*1,12H;/q;;+2/p-2/b2*2-1+;. The summed E-state index contributed by atoms with van der Waals surface area (Å²) in [6.45, 7) is 0. The fourth-order valence-corrected chi connectivity index (χ4v) is 0.565. The molecule has 0 aromatic heterocycles. The van der Waals surface area contributed by atoms with E-state index in [4.69, 9.17) is 0 Å². The van der Waals surface area contributed by atoms with Gasteiger partial charge in [-0.2, -0.15) is 52.7 Å². The van der Waals surface area contributed by atoms with Gasteiger partial charge in [-0.3, -0.25) is 9.59 Å². The Balaban J connectivity index is -0.000000411. The summed E-state index contributed by atoms with van der Waals surface area (Å²) in [6.07, 6.45) is -23.9. The molecular weight excluding hydrogens is 500 g/mol. The zero-order valence-electron chi connectivity index (χ0n) is 12.0. The van der Waals surface area contributed by atoms with Crippen molar-refractivity contribution in [3.63, 3.8) is 0 Å². The average Bonchev–Trinajstić information content (AvgIpc) is 2.34. The SMILES string of the molecule is O=C(/C=C(/[O-])C(F)(F)F)C(F)(F)F.O=C(/C=C(/[O-])C(F)(F)F)C(F)(F)F.[Sr+2]. The van der Waals surface area contributed by atoms with Crippen LogP contribution in [0.2, 0.25) is 0 Å². The van der Waals surface area contributed by atoms with Crippen molar-refractivity contribution < 1.29 is 72.5 Å². The van der Waals surface area contributed by atoms with Gasteiger partial charge in [0.2, 0.25) is 0 Å². The predicted molar refractivity (Wildman–Crippen MR) is 56.2 cm³/mol. The molecule has 17 heteroatoms. The van der Waals surface area contributed by atoms with Gasteiger partial charge in [0.15, 0.2) is 0 Å². The average molecular weight is 502 g/mol. The zero-order chi connectivity index (χ0) is 21.7. The van der Waals surface area contributed by atoms with Crippen LogP contribution < -0.4 is 10.2 Å². The molecule has 0 unspecified atom stereocenters. The summed E-state index contributed by atoms with van der Waals surface area (Å²) in [5, 5.41) is 19.6. The molecule has 4 nitrogen and oxygen atoms in total. The molecule has 0 aromatic rings. The smallest absolute Gasteiger partial charge is 0.869 e. The molecule has 0 atom stereocenters. The maximum atomic E-state index is 11.3. The molecule has 0 aliphatic carbocycles. The van der Waals surface area contributed by atoms with Gasteiger partial charge in [0.25, 0.3) is 11.6 Å². The summed E-state index contributed by atoms with van der Waals surface area (Å²) < 4.78 is 136. The van der Waals surface area contributed by atoms with Crippen LogP contribution in [0.15, 0.2) is 23.7 Å². The molecule has 0 rings (SSSR count). The van der Waals surface area contributed by atoms with E-state index in [9.17, 15) is 72.5 Å². The minimum absolute atomic E-state index is 0. The van der Waals surface area contributed by atoms with Gasteiger partial charge in [0.1, 0.15) is 0 Å². The fraction of sp³-hybridized carbons (Fsp3) is 0.400. The Morgan fingerprint density at radius 2 is 0.704 bits per heavy atom. The van der Waals surface area contributed by atoms with E-state index in [1.165, 1.54) is 0 Å². The Morgan fingerprint density at radius 3 is 0.815 bits per heavy atom. The second-order valence-electron chi connectivity index (χ2n) is 3.74. The number of alkyl halides is 12. The molecule has 0 bridgehead atoms. The van der Waals surface area contributed by atoms with E-state index in [1.807, 2.05) is 0 Å². The number of carbonyl (C=O) groups excluding carboxylic acids is 2. The molecule has 0 aliphatic heterocycles. The molecule has 0 spiro atoms. The Kier molecular flexibility index (Phi) is 12.0. The molecule has 0 aliphatic rings. The predicted octanol–water partition coefficient (Wildman–Crippen LogP) is 1.47. The van der Waals surface area contributed by atoms with Gasteiger partial charge < -0.3 is 10.2 Å². The van der Waals surface area contributed by atoms with E-state index in [0.29, 0.717) is 0 Å². The van der Waals surface area contributed by atoms with Crippen molar-refractivity contribution in [3.8, 4) is 0 Å². The van der Waals surface area contributed by atoms with Crippen LogP contribution in [-0.4, -0.2) is 81.8 Å². The number of halogens is 12. The number of hydrogen-bond donors (Lipinski definition) is 0. The van der Waals surface area contributed by atoms with E-state index in [1.54, 1.807) is 0 Å². The van der Waals surface area contributed by atoms with Crippen LogP contribution in [-0.2, 0) is 9.59 Å². The number of ketones is 2. The normalized spacial score (nSPS) is 13.9. The van der Waals surface area contributed by atoms with Gasteiger partial charge in [-0.05, 0) is 23.7 Å². The first kappa shape index (κ1) is 30.8. The van der Waals surface area contributed by atoms with Gasteiger partial charge >= 0.3 is 70.2 Å². The van der Waals surface area contributed by atoms with Crippen molar-refractivity contribution in [1.82, 2.24) is 0 Å². The Hall–Kier alpha value is -0.939. The summed E-state index contributed by atoms with van der Waals surface area (Å²) in [7, 11) is 0. The topological polar surface area (TPSA) is 80.3 Å². The van der Waals surface area contributed by atoms with Crippen LogP contribution in [0.25, 0.3) is 0 Å². The quantitative estimate of drug-likeness (QED) is 0.248. The molecule has 0 saturated carbocycles. The monoisotopic (exact) mass is 502 g/mol. The minimum Gasteiger partial charge on any atom is -0.869 e. The van der Waals surface area contributed by atoms with Crippen LogP contribution in [0, 0.1) is 0 Å². The zero-order valence-corrected chi connectivity index (χ0v) is 15.5. The third kappa shape index (κ3) is 13.8. The molecule has 0 saturated heterocycles. The summed E-state index contributed by atoms with van der Waals surface area (Å²) in [5.41, 5.74) is 0. The van der Waals surface area contributed by atoms with E-state index >= 15 is 0 Å². The Bertz CT molecular complexity index is 527. The molecule has 152 valence electrons. The molecule has 0 radical (unpaired) electrons. The van der Waals surface area contributed by atoms with Crippen LogP contribution in [0.4, 0.5) is 52.7 Å². The molecular formula is C10H2F12O4Sr. The maximum Gasteiger partial charge on any atom is 2.00 e. The van der Waals surface area contributed by atoms with E-state index in [2.05, 4.69) is 0 Å². The number of rotatable bonds is 2. The molecule has 0 heterocycles. The van der Waals surface area contributed by atoms with Gasteiger partial charge in [-0.15, -0.1) is 0 Å². The van der Waals surface area contributed by atoms with Crippen LogP contribution in [0.1, 0.15) is 0 Å². The van der Waals surface area contributed by atoms with Crippen LogP contribution in [0.3, 0.4) is 0 Å². The molecule has 27 heavy (non-hydrogen) atoms. The molecule has 0 amide bonds. The number of carbonyl (C=O) groups is 2. The van der Waals surface area contributed by atoms with Gasteiger partial charge in [-0.1, -0.05) is 0 Å². The second kappa shape index (κ2) is 10.6. The summed E-state index contributed by atoms with van der Waals surface area (Å²) in [5.74, 6) is -11.3. The van der Waals surface area contributed by atoms with Crippen LogP contribution >= 0.6 is 0 Å². The Morgan fingerprint density at radius 1 is 0.519 bits per heavy atom. The van der Waals surface area contributed by atoms with Crippen molar-refractivity contribution in [2.75, 3.05) is 0 Å². The molecule has 0 fully saturated rings. The molecule has 0 N–H and O–H groups in total. The van der Waals surface area contributed by atoms with Crippen LogP contribution in [0.5, 0.6) is 0 Å². The summed E-state index contributed by atoms with van der Waals surface area (Å²) >= 11 is 0. The summed E-state index contributed by atoms with van der Waals surface area (Å²) in [4.78, 5) is 19.6. The third-order valence-electron chi connectivity index (χ3n) is 1.64.